The van der Waals surface area contributed by atoms with E-state index in [9.17, 15) is 9.59 Å². The van der Waals surface area contributed by atoms with E-state index in [1.54, 1.807) is 21.0 Å². The van der Waals surface area contributed by atoms with E-state index in [4.69, 9.17) is 14.2 Å². The van der Waals surface area contributed by atoms with Crippen LogP contribution in [0.5, 0.6) is 5.75 Å². The molecule has 1 aromatic rings. The van der Waals surface area contributed by atoms with E-state index >= 15 is 0 Å². The van der Waals surface area contributed by atoms with E-state index in [2.05, 4.69) is 4.99 Å². The fourth-order valence-corrected chi connectivity index (χ4v) is 4.17. The Bertz CT molecular complexity index is 873. The largest absolute Gasteiger partial charge is 0.497 e. The van der Waals surface area contributed by atoms with Gasteiger partial charge >= 0.3 is 11.9 Å². The first-order valence-corrected chi connectivity index (χ1v) is 9.70. The Morgan fingerprint density at radius 1 is 1.21 bits per heavy atom. The number of thioether (sulfide) groups is 1. The van der Waals surface area contributed by atoms with Gasteiger partial charge in [0, 0.05) is 5.70 Å². The third kappa shape index (κ3) is 3.77. The van der Waals surface area contributed by atoms with Crippen molar-refractivity contribution in [1.82, 2.24) is 4.90 Å². The van der Waals surface area contributed by atoms with Gasteiger partial charge in [0.2, 0.25) is 0 Å². The lowest BCUT2D eigenvalue weighted by Crippen LogP contribution is -2.37. The quantitative estimate of drug-likeness (QED) is 0.675. The molecule has 1 aromatic carbocycles. The van der Waals surface area contributed by atoms with E-state index < -0.39 is 12.0 Å². The summed E-state index contributed by atoms with van der Waals surface area (Å²) in [6.07, 6.45) is 0.0972. The van der Waals surface area contributed by atoms with Crippen molar-refractivity contribution in [2.75, 3.05) is 20.8 Å². The van der Waals surface area contributed by atoms with Crippen LogP contribution in [0.1, 0.15) is 31.9 Å². The van der Waals surface area contributed by atoms with Crippen LogP contribution in [0.15, 0.2) is 51.6 Å². The Kier molecular flexibility index (Phi) is 6.08. The smallest absolute Gasteiger partial charge is 0.338 e. The van der Waals surface area contributed by atoms with Gasteiger partial charge in [-0.15, -0.1) is 0 Å². The summed E-state index contributed by atoms with van der Waals surface area (Å²) < 4.78 is 15.4. The molecule has 0 saturated carbocycles. The van der Waals surface area contributed by atoms with Crippen molar-refractivity contribution in [3.63, 3.8) is 0 Å². The van der Waals surface area contributed by atoms with Gasteiger partial charge in [0.1, 0.15) is 5.75 Å². The number of ether oxygens (including phenoxy) is 3. The maximum absolute atomic E-state index is 12.6. The lowest BCUT2D eigenvalue weighted by atomic mass is 9.94. The summed E-state index contributed by atoms with van der Waals surface area (Å²) in [5.41, 5.74) is 2.63. The number of hydrogen-bond acceptors (Lipinski definition) is 8. The molecule has 0 fully saturated rings. The first-order chi connectivity index (χ1) is 13.5. The van der Waals surface area contributed by atoms with Gasteiger partial charge in [0.05, 0.1) is 44.6 Å². The van der Waals surface area contributed by atoms with Crippen molar-refractivity contribution < 1.29 is 23.8 Å². The number of esters is 2. The Balaban J connectivity index is 2.05. The van der Waals surface area contributed by atoms with Gasteiger partial charge in [-0.2, -0.15) is 0 Å². The Labute approximate surface area is 168 Å². The van der Waals surface area contributed by atoms with Crippen molar-refractivity contribution in [1.29, 1.82) is 0 Å². The summed E-state index contributed by atoms with van der Waals surface area (Å²) in [6.45, 7) is 3.87. The van der Waals surface area contributed by atoms with Crippen molar-refractivity contribution >= 4 is 28.9 Å². The normalized spacial score (nSPS) is 18.3. The molecule has 148 valence electrons. The molecule has 0 bridgehead atoms. The fourth-order valence-electron chi connectivity index (χ4n) is 3.20. The molecular formula is C20H22N2O5S. The van der Waals surface area contributed by atoms with E-state index in [0.717, 1.165) is 11.3 Å². The number of benzene rings is 1. The van der Waals surface area contributed by atoms with Crippen LogP contribution in [-0.2, 0) is 19.1 Å². The molecule has 0 amide bonds. The zero-order valence-electron chi connectivity index (χ0n) is 16.2. The average Bonchev–Trinajstić information content (AvgIpc) is 3.08. The van der Waals surface area contributed by atoms with Crippen LogP contribution in [0.4, 0.5) is 0 Å². The minimum Gasteiger partial charge on any atom is -0.497 e. The molecule has 0 aliphatic carbocycles. The second-order valence-electron chi connectivity index (χ2n) is 6.14. The summed E-state index contributed by atoms with van der Waals surface area (Å²) in [7, 11) is 2.95. The summed E-state index contributed by atoms with van der Waals surface area (Å²) in [5, 5.41) is 2.59. The summed E-state index contributed by atoms with van der Waals surface area (Å²) >= 11 is 1.42. The second-order valence-corrected chi connectivity index (χ2v) is 6.98. The monoisotopic (exact) mass is 402 g/mol. The van der Waals surface area contributed by atoms with Crippen LogP contribution in [0, 0.1) is 0 Å². The predicted octanol–water partition coefficient (Wildman–Crippen LogP) is 3.40. The van der Waals surface area contributed by atoms with Crippen LogP contribution < -0.4 is 4.74 Å². The molecule has 8 heteroatoms. The van der Waals surface area contributed by atoms with E-state index in [1.165, 1.54) is 18.9 Å². The highest BCUT2D eigenvalue weighted by Crippen LogP contribution is 2.45. The molecule has 3 rings (SSSR count). The van der Waals surface area contributed by atoms with Crippen LogP contribution in [0.25, 0.3) is 0 Å². The maximum atomic E-state index is 12.6. The van der Waals surface area contributed by atoms with Crippen molar-refractivity contribution in [3.8, 4) is 5.75 Å². The summed E-state index contributed by atoms with van der Waals surface area (Å²) in [4.78, 5) is 31.1. The Morgan fingerprint density at radius 3 is 2.54 bits per heavy atom. The number of nitrogens with zero attached hydrogens (tertiary/aromatic N) is 2. The highest BCUT2D eigenvalue weighted by atomic mass is 32.2. The lowest BCUT2D eigenvalue weighted by Gasteiger charge is -2.36. The molecule has 1 unspecified atom stereocenters. The van der Waals surface area contributed by atoms with Crippen molar-refractivity contribution in [2.45, 2.75) is 26.3 Å². The number of methoxy groups -OCH3 is 2. The van der Waals surface area contributed by atoms with Crippen molar-refractivity contribution in [2.24, 2.45) is 4.99 Å². The summed E-state index contributed by atoms with van der Waals surface area (Å²) in [5.74, 6) is -0.0599. The van der Waals surface area contributed by atoms with Crippen LogP contribution in [0.3, 0.4) is 0 Å². The first kappa shape index (κ1) is 20.0. The Morgan fingerprint density at radius 2 is 1.93 bits per heavy atom. The average molecular weight is 402 g/mol. The molecule has 0 aromatic heterocycles. The standard InChI is InChI=1S/C20H22N2O5S/c1-5-27-16(23)10-14-11-28-20-21-12(2)17(19(24)26-4)18(22(14)20)13-6-8-15(25-3)9-7-13/h6-9,11,18H,5,10H2,1-4H3. The highest BCUT2D eigenvalue weighted by Gasteiger charge is 2.41. The molecular weight excluding hydrogens is 380 g/mol. The van der Waals surface area contributed by atoms with Gasteiger partial charge in [-0.05, 0) is 37.0 Å². The van der Waals surface area contributed by atoms with E-state index in [1.807, 2.05) is 34.6 Å². The SMILES string of the molecule is CCOC(=O)CC1=CSC2=NC(C)=C(C(=O)OC)C(c3ccc(OC)cc3)N12. The lowest BCUT2D eigenvalue weighted by molar-refractivity contribution is -0.142. The molecule has 0 radical (unpaired) electrons. The van der Waals surface area contributed by atoms with Gasteiger partial charge in [0.15, 0.2) is 5.17 Å². The molecule has 2 heterocycles. The molecule has 2 aliphatic rings. The van der Waals surface area contributed by atoms with Gasteiger partial charge in [-0.3, -0.25) is 4.79 Å². The molecule has 0 N–H and O–H groups in total. The first-order valence-electron chi connectivity index (χ1n) is 8.82. The van der Waals surface area contributed by atoms with Crippen LogP contribution in [-0.4, -0.2) is 42.8 Å². The molecule has 7 nitrogen and oxygen atoms in total. The number of rotatable bonds is 6. The van der Waals surface area contributed by atoms with E-state index in [-0.39, 0.29) is 12.4 Å². The van der Waals surface area contributed by atoms with Gasteiger partial charge in [0.25, 0.3) is 0 Å². The maximum Gasteiger partial charge on any atom is 0.338 e. The number of allylic oxidation sites excluding steroid dienone is 1. The molecule has 28 heavy (non-hydrogen) atoms. The number of carbonyl (C=O) groups excluding carboxylic acids is 2. The third-order valence-electron chi connectivity index (χ3n) is 4.47. The second kappa shape index (κ2) is 8.52. The van der Waals surface area contributed by atoms with Crippen LogP contribution >= 0.6 is 11.8 Å². The topological polar surface area (TPSA) is 77.4 Å². The van der Waals surface area contributed by atoms with Crippen molar-refractivity contribution in [3.05, 3.63) is 52.2 Å². The zero-order chi connectivity index (χ0) is 20.3. The number of hydrogen-bond donors (Lipinski definition) is 0. The minimum atomic E-state index is -0.457. The van der Waals surface area contributed by atoms with Gasteiger partial charge < -0.3 is 19.1 Å². The number of amidine groups is 1. The Hall–Kier alpha value is -2.74. The molecule has 1 atom stereocenters. The fraction of sp³-hybridized carbons (Fsp3) is 0.350. The van der Waals surface area contributed by atoms with Crippen LogP contribution in [0.2, 0.25) is 0 Å². The third-order valence-corrected chi connectivity index (χ3v) is 5.36. The predicted molar refractivity (Wildman–Crippen MR) is 107 cm³/mol. The molecule has 0 spiro atoms. The molecule has 0 saturated heterocycles. The number of fused-ring (bicyclic) bond motifs is 1. The number of aliphatic imine (C=N–C) groups is 1. The highest BCUT2D eigenvalue weighted by molar-refractivity contribution is 8.16. The minimum absolute atomic E-state index is 0.0972. The molecule has 2 aliphatic heterocycles. The van der Waals surface area contributed by atoms with Gasteiger partial charge in [-0.1, -0.05) is 23.9 Å². The zero-order valence-corrected chi connectivity index (χ0v) is 17.0. The summed E-state index contributed by atoms with van der Waals surface area (Å²) in [6, 6.07) is 7.01. The number of carbonyl (C=O) groups is 2. The van der Waals surface area contributed by atoms with Gasteiger partial charge in [-0.25, -0.2) is 9.79 Å². The van der Waals surface area contributed by atoms with E-state index in [0.29, 0.717) is 28.8 Å².